The molecule has 1 fully saturated rings. The van der Waals surface area contributed by atoms with Gasteiger partial charge >= 0.3 is 0 Å². The summed E-state index contributed by atoms with van der Waals surface area (Å²) in [6, 6.07) is 3.90. The van der Waals surface area contributed by atoms with Crippen LogP contribution in [0.2, 0.25) is 0 Å². The molecule has 0 bridgehead atoms. The van der Waals surface area contributed by atoms with Crippen molar-refractivity contribution in [3.63, 3.8) is 0 Å². The van der Waals surface area contributed by atoms with Gasteiger partial charge in [-0.2, -0.15) is 0 Å². The molecule has 1 atom stereocenters. The monoisotopic (exact) mass is 398 g/mol. The van der Waals surface area contributed by atoms with Crippen LogP contribution in [0.5, 0.6) is 0 Å². The number of imidazole rings is 1. The quantitative estimate of drug-likeness (QED) is 0.726. The van der Waals surface area contributed by atoms with E-state index in [1.165, 1.54) is 0 Å². The average molecular weight is 398 g/mol. The Bertz CT molecular complexity index is 1030. The largest absolute Gasteiger partial charge is 0.350 e. The Hall–Kier alpha value is -2.81. The molecule has 28 heavy (non-hydrogen) atoms. The van der Waals surface area contributed by atoms with Gasteiger partial charge in [-0.3, -0.25) is 9.59 Å². The zero-order valence-corrected chi connectivity index (χ0v) is 16.7. The summed E-state index contributed by atoms with van der Waals surface area (Å²) in [5.74, 6) is 0.0232. The van der Waals surface area contributed by atoms with E-state index in [4.69, 9.17) is 0 Å². The number of hydrogen-bond acceptors (Lipinski definition) is 6. The summed E-state index contributed by atoms with van der Waals surface area (Å²) in [7, 11) is 0. The molecule has 1 aliphatic heterocycles. The summed E-state index contributed by atoms with van der Waals surface area (Å²) in [4.78, 5) is 32.1. The smallest absolute Gasteiger partial charge is 0.271 e. The van der Waals surface area contributed by atoms with Gasteiger partial charge in [0.2, 0.25) is 0 Å². The van der Waals surface area contributed by atoms with Crippen molar-refractivity contribution in [2.75, 3.05) is 19.6 Å². The van der Waals surface area contributed by atoms with Crippen molar-refractivity contribution in [2.24, 2.45) is 5.92 Å². The van der Waals surface area contributed by atoms with Crippen LogP contribution in [0.4, 0.5) is 0 Å². The van der Waals surface area contributed by atoms with E-state index in [0.29, 0.717) is 29.4 Å². The van der Waals surface area contributed by atoms with Crippen molar-refractivity contribution < 1.29 is 9.59 Å². The Balaban J connectivity index is 1.37. The van der Waals surface area contributed by atoms with Gasteiger partial charge in [0.05, 0.1) is 5.69 Å². The van der Waals surface area contributed by atoms with E-state index in [0.717, 1.165) is 42.1 Å². The van der Waals surface area contributed by atoms with Gasteiger partial charge in [-0.05, 0) is 55.8 Å². The van der Waals surface area contributed by atoms with Crippen molar-refractivity contribution in [1.29, 1.82) is 0 Å². The van der Waals surface area contributed by atoms with E-state index in [1.54, 1.807) is 13.1 Å². The Morgan fingerprint density at radius 2 is 2.21 bits per heavy atom. The van der Waals surface area contributed by atoms with Gasteiger partial charge in [0.1, 0.15) is 16.2 Å². The third-order valence-electron chi connectivity index (χ3n) is 5.11. The number of likely N-dealkylation sites (tertiary alicyclic amines) is 1. The third-order valence-corrected chi connectivity index (χ3v) is 5.93. The highest BCUT2D eigenvalue weighted by molar-refractivity contribution is 7.07. The Morgan fingerprint density at radius 3 is 2.96 bits per heavy atom. The molecule has 0 aliphatic carbocycles. The number of nitrogens with zero attached hydrogens (tertiary/aromatic N) is 5. The number of carbonyl (C=O) groups is 2. The average Bonchev–Trinajstić information content (AvgIpc) is 3.33. The lowest BCUT2D eigenvalue weighted by Gasteiger charge is -2.32. The van der Waals surface area contributed by atoms with Crippen molar-refractivity contribution in [3.05, 3.63) is 46.4 Å². The number of nitrogens with one attached hydrogen (secondary N) is 1. The van der Waals surface area contributed by atoms with Gasteiger partial charge in [-0.1, -0.05) is 10.6 Å². The van der Waals surface area contributed by atoms with Crippen LogP contribution >= 0.6 is 11.5 Å². The number of pyridine rings is 1. The summed E-state index contributed by atoms with van der Waals surface area (Å²) >= 11 is 1.14. The van der Waals surface area contributed by atoms with Crippen LogP contribution in [-0.2, 0) is 0 Å². The second-order valence-electron chi connectivity index (χ2n) is 7.21. The molecule has 1 aliphatic rings. The fraction of sp³-hybridized carbons (Fsp3) is 0.421. The van der Waals surface area contributed by atoms with E-state index < -0.39 is 0 Å². The molecule has 0 aromatic carbocycles. The summed E-state index contributed by atoms with van der Waals surface area (Å²) in [6.07, 6.45) is 5.53. The highest BCUT2D eigenvalue weighted by atomic mass is 32.1. The predicted octanol–water partition coefficient (Wildman–Crippen LogP) is 2.08. The van der Waals surface area contributed by atoms with Gasteiger partial charge in [-0.25, -0.2) is 4.98 Å². The second-order valence-corrected chi connectivity index (χ2v) is 7.96. The zero-order chi connectivity index (χ0) is 19.7. The number of piperidine rings is 1. The number of fused-ring (bicyclic) bond motifs is 1. The van der Waals surface area contributed by atoms with Crippen LogP contribution in [0.3, 0.4) is 0 Å². The molecule has 1 saturated heterocycles. The maximum atomic E-state index is 12.7. The fourth-order valence-corrected chi connectivity index (χ4v) is 4.20. The molecular formula is C19H22N6O2S. The molecule has 0 radical (unpaired) electrons. The highest BCUT2D eigenvalue weighted by Crippen LogP contribution is 2.20. The molecule has 4 heterocycles. The van der Waals surface area contributed by atoms with Gasteiger partial charge < -0.3 is 14.6 Å². The first-order valence-electron chi connectivity index (χ1n) is 9.33. The maximum Gasteiger partial charge on any atom is 0.271 e. The lowest BCUT2D eigenvalue weighted by atomic mass is 9.97. The van der Waals surface area contributed by atoms with E-state index in [2.05, 4.69) is 19.9 Å². The normalized spacial score (nSPS) is 17.1. The molecule has 4 rings (SSSR count). The van der Waals surface area contributed by atoms with Crippen LogP contribution in [-0.4, -0.2) is 55.3 Å². The van der Waals surface area contributed by atoms with Crippen molar-refractivity contribution in [3.8, 4) is 0 Å². The second kappa shape index (κ2) is 7.67. The SMILES string of the molecule is Cc1nnsc1C(=O)N1CCCC(CNC(=O)c2cn3cccc(C)c3n2)C1. The number of hydrogen-bond donors (Lipinski definition) is 1. The molecule has 0 spiro atoms. The maximum absolute atomic E-state index is 12.7. The Kier molecular flexibility index (Phi) is 5.08. The molecule has 0 saturated carbocycles. The first-order chi connectivity index (χ1) is 13.5. The van der Waals surface area contributed by atoms with Gasteiger partial charge in [0.25, 0.3) is 11.8 Å². The Labute approximate surface area is 166 Å². The molecule has 8 nitrogen and oxygen atoms in total. The van der Waals surface area contributed by atoms with Crippen molar-refractivity contribution in [1.82, 2.24) is 29.2 Å². The zero-order valence-electron chi connectivity index (χ0n) is 15.9. The minimum Gasteiger partial charge on any atom is -0.350 e. The van der Waals surface area contributed by atoms with Gasteiger partial charge in [0.15, 0.2) is 0 Å². The third kappa shape index (κ3) is 3.62. The van der Waals surface area contributed by atoms with Crippen LogP contribution in [0.1, 0.15) is 44.3 Å². The number of carbonyl (C=O) groups excluding carboxylic acids is 2. The minimum atomic E-state index is -0.186. The topological polar surface area (TPSA) is 92.5 Å². The van der Waals surface area contributed by atoms with Gasteiger partial charge in [-0.15, -0.1) is 5.10 Å². The number of amides is 2. The fourth-order valence-electron chi connectivity index (χ4n) is 3.58. The van der Waals surface area contributed by atoms with E-state index in [1.807, 2.05) is 34.6 Å². The molecular weight excluding hydrogens is 376 g/mol. The summed E-state index contributed by atoms with van der Waals surface area (Å²) in [6.45, 7) is 5.65. The summed E-state index contributed by atoms with van der Waals surface area (Å²) < 4.78 is 5.71. The van der Waals surface area contributed by atoms with Crippen LogP contribution < -0.4 is 5.32 Å². The minimum absolute atomic E-state index is 0.0145. The molecule has 2 amide bonds. The number of rotatable bonds is 4. The first kappa shape index (κ1) is 18.5. The summed E-state index contributed by atoms with van der Waals surface area (Å²) in [5, 5.41) is 6.90. The predicted molar refractivity (Wildman–Crippen MR) is 106 cm³/mol. The van der Waals surface area contributed by atoms with E-state index >= 15 is 0 Å². The highest BCUT2D eigenvalue weighted by Gasteiger charge is 2.27. The molecule has 3 aromatic rings. The van der Waals surface area contributed by atoms with E-state index in [-0.39, 0.29) is 17.7 Å². The number of aryl methyl sites for hydroxylation is 2. The lowest BCUT2D eigenvalue weighted by molar-refractivity contribution is 0.0674. The van der Waals surface area contributed by atoms with Gasteiger partial charge in [0, 0.05) is 32.0 Å². The van der Waals surface area contributed by atoms with Crippen LogP contribution in [0.25, 0.3) is 5.65 Å². The van der Waals surface area contributed by atoms with Crippen LogP contribution in [0, 0.1) is 19.8 Å². The molecule has 146 valence electrons. The number of aromatic nitrogens is 4. The van der Waals surface area contributed by atoms with Crippen LogP contribution in [0.15, 0.2) is 24.5 Å². The molecule has 1 N–H and O–H groups in total. The molecule has 9 heteroatoms. The summed E-state index contributed by atoms with van der Waals surface area (Å²) in [5.41, 5.74) is 2.89. The van der Waals surface area contributed by atoms with Crippen molar-refractivity contribution >= 4 is 29.0 Å². The molecule has 1 unspecified atom stereocenters. The van der Waals surface area contributed by atoms with Crippen molar-refractivity contribution in [2.45, 2.75) is 26.7 Å². The molecule has 3 aromatic heterocycles. The lowest BCUT2D eigenvalue weighted by Crippen LogP contribution is -2.43. The van der Waals surface area contributed by atoms with E-state index in [9.17, 15) is 9.59 Å². The Morgan fingerprint density at radius 1 is 1.36 bits per heavy atom. The standard InChI is InChI=1S/C19H22N6O2S/c1-12-5-3-7-24-11-15(21-17(12)24)18(26)20-9-14-6-4-8-25(10-14)19(27)16-13(2)22-23-28-16/h3,5,7,11,14H,4,6,8-10H2,1-2H3,(H,20,26). The first-order valence-corrected chi connectivity index (χ1v) is 10.1.